The van der Waals surface area contributed by atoms with E-state index in [1.54, 1.807) is 25.1 Å². The van der Waals surface area contributed by atoms with Crippen molar-refractivity contribution in [2.75, 3.05) is 11.9 Å². The molecule has 0 unspecified atom stereocenters. The topological polar surface area (TPSA) is 55.4 Å². The highest BCUT2D eigenvalue weighted by Gasteiger charge is 2.19. The number of esters is 1. The molecular formula is C17H19NO3S. The predicted molar refractivity (Wildman–Crippen MR) is 88.8 cm³/mol. The molecule has 0 bridgehead atoms. The summed E-state index contributed by atoms with van der Waals surface area (Å²) in [7, 11) is 0. The van der Waals surface area contributed by atoms with Crippen molar-refractivity contribution in [3.8, 4) is 0 Å². The lowest BCUT2D eigenvalue weighted by atomic mass is 10.1. The predicted octanol–water partition coefficient (Wildman–Crippen LogP) is 4.05. The molecular weight excluding hydrogens is 298 g/mol. The first-order valence-corrected chi connectivity index (χ1v) is 8.04. The highest BCUT2D eigenvalue weighted by molar-refractivity contribution is 7.16. The van der Waals surface area contributed by atoms with Crippen molar-refractivity contribution in [2.24, 2.45) is 0 Å². The highest BCUT2D eigenvalue weighted by Crippen LogP contribution is 2.29. The molecule has 0 aliphatic heterocycles. The van der Waals surface area contributed by atoms with Crippen molar-refractivity contribution in [1.29, 1.82) is 0 Å². The van der Waals surface area contributed by atoms with Gasteiger partial charge in [-0.25, -0.2) is 4.79 Å². The van der Waals surface area contributed by atoms with Gasteiger partial charge < -0.3 is 10.1 Å². The molecule has 116 valence electrons. The third kappa shape index (κ3) is 3.74. The highest BCUT2D eigenvalue weighted by atomic mass is 32.1. The standard InChI is InChI=1S/C17H19NO3S/c1-4-13-10-14(17(20)21-5-2)16(22-13)18-15(19)12-8-6-11(3)7-9-12/h6-10H,4-5H2,1-3H3,(H,18,19). The summed E-state index contributed by atoms with van der Waals surface area (Å²) in [6, 6.07) is 9.08. The van der Waals surface area contributed by atoms with Crippen molar-refractivity contribution >= 4 is 28.2 Å². The van der Waals surface area contributed by atoms with E-state index in [0.29, 0.717) is 22.7 Å². The molecule has 0 aliphatic carbocycles. The zero-order chi connectivity index (χ0) is 16.1. The van der Waals surface area contributed by atoms with Crippen LogP contribution in [0.5, 0.6) is 0 Å². The number of benzene rings is 1. The second-order valence-corrected chi connectivity index (χ2v) is 5.99. The van der Waals surface area contributed by atoms with Gasteiger partial charge in [-0.15, -0.1) is 11.3 Å². The molecule has 2 aromatic rings. The number of hydrogen-bond acceptors (Lipinski definition) is 4. The molecule has 5 heteroatoms. The number of carbonyl (C=O) groups is 2. The molecule has 4 nitrogen and oxygen atoms in total. The maximum atomic E-state index is 12.3. The molecule has 0 radical (unpaired) electrons. The second-order valence-electron chi connectivity index (χ2n) is 4.85. The molecule has 0 spiro atoms. The number of ether oxygens (including phenoxy) is 1. The number of aryl methyl sites for hydroxylation is 2. The Kier molecular flexibility index (Phi) is 5.33. The Hall–Kier alpha value is -2.14. The minimum atomic E-state index is -0.405. The third-order valence-electron chi connectivity index (χ3n) is 3.17. The van der Waals surface area contributed by atoms with E-state index >= 15 is 0 Å². The fourth-order valence-corrected chi connectivity index (χ4v) is 2.93. The van der Waals surface area contributed by atoms with Crippen molar-refractivity contribution in [1.82, 2.24) is 0 Å². The average Bonchev–Trinajstić information content (AvgIpc) is 2.91. The van der Waals surface area contributed by atoms with Crippen LogP contribution in [-0.4, -0.2) is 18.5 Å². The Morgan fingerprint density at radius 1 is 1.18 bits per heavy atom. The van der Waals surface area contributed by atoms with Gasteiger partial charge in [-0.05, 0) is 38.5 Å². The Labute approximate surface area is 134 Å². The van der Waals surface area contributed by atoms with Gasteiger partial charge >= 0.3 is 5.97 Å². The van der Waals surface area contributed by atoms with Gasteiger partial charge in [0.2, 0.25) is 0 Å². The van der Waals surface area contributed by atoms with Gasteiger partial charge in [-0.3, -0.25) is 4.79 Å². The normalized spacial score (nSPS) is 10.3. The molecule has 0 aliphatic rings. The zero-order valence-corrected chi connectivity index (χ0v) is 13.8. The van der Waals surface area contributed by atoms with E-state index in [0.717, 1.165) is 16.9 Å². The molecule has 1 amide bonds. The monoisotopic (exact) mass is 317 g/mol. The number of hydrogen-bond donors (Lipinski definition) is 1. The van der Waals surface area contributed by atoms with Crippen molar-refractivity contribution < 1.29 is 14.3 Å². The van der Waals surface area contributed by atoms with E-state index in [1.807, 2.05) is 26.0 Å². The third-order valence-corrected chi connectivity index (χ3v) is 4.36. The summed E-state index contributed by atoms with van der Waals surface area (Å²) in [5, 5.41) is 3.36. The lowest BCUT2D eigenvalue weighted by Gasteiger charge is -2.06. The van der Waals surface area contributed by atoms with Crippen molar-refractivity contribution in [3.05, 3.63) is 51.9 Å². The van der Waals surface area contributed by atoms with Crippen LogP contribution < -0.4 is 5.32 Å². The smallest absolute Gasteiger partial charge is 0.341 e. The molecule has 1 aromatic carbocycles. The molecule has 1 N–H and O–H groups in total. The van der Waals surface area contributed by atoms with Crippen molar-refractivity contribution in [2.45, 2.75) is 27.2 Å². The number of anilines is 1. The number of rotatable bonds is 5. The molecule has 0 atom stereocenters. The lowest BCUT2D eigenvalue weighted by Crippen LogP contribution is -2.14. The maximum Gasteiger partial charge on any atom is 0.341 e. The molecule has 0 saturated heterocycles. The second kappa shape index (κ2) is 7.22. The molecule has 2 rings (SSSR count). The number of amides is 1. The first-order chi connectivity index (χ1) is 10.5. The Bertz CT molecular complexity index is 674. The van der Waals surface area contributed by atoms with E-state index in [9.17, 15) is 9.59 Å². The first-order valence-electron chi connectivity index (χ1n) is 7.23. The average molecular weight is 317 g/mol. The van der Waals surface area contributed by atoms with Gasteiger partial charge in [0.25, 0.3) is 5.91 Å². The lowest BCUT2D eigenvalue weighted by molar-refractivity contribution is 0.0528. The van der Waals surface area contributed by atoms with Gasteiger partial charge in [0, 0.05) is 10.4 Å². The quantitative estimate of drug-likeness (QED) is 0.847. The fourth-order valence-electron chi connectivity index (χ4n) is 1.95. The Morgan fingerprint density at radius 2 is 1.86 bits per heavy atom. The molecule has 1 heterocycles. The van der Waals surface area contributed by atoms with Gasteiger partial charge in [-0.2, -0.15) is 0 Å². The van der Waals surface area contributed by atoms with Crippen LogP contribution in [-0.2, 0) is 11.2 Å². The van der Waals surface area contributed by atoms with Gasteiger partial charge in [0.05, 0.1) is 12.2 Å². The van der Waals surface area contributed by atoms with E-state index in [2.05, 4.69) is 5.32 Å². The zero-order valence-electron chi connectivity index (χ0n) is 12.9. The first kappa shape index (κ1) is 16.2. The largest absolute Gasteiger partial charge is 0.462 e. The fraction of sp³-hybridized carbons (Fsp3) is 0.294. The van der Waals surface area contributed by atoms with Gasteiger partial charge in [-0.1, -0.05) is 24.6 Å². The molecule has 0 saturated carbocycles. The Balaban J connectivity index is 2.24. The van der Waals surface area contributed by atoms with Crippen LogP contribution in [0.25, 0.3) is 0 Å². The van der Waals surface area contributed by atoms with Crippen LogP contribution in [0.1, 0.15) is 45.0 Å². The number of carbonyl (C=O) groups excluding carboxylic acids is 2. The van der Waals surface area contributed by atoms with Crippen LogP contribution in [0.2, 0.25) is 0 Å². The summed E-state index contributed by atoms with van der Waals surface area (Å²) in [5.41, 5.74) is 2.07. The van der Waals surface area contributed by atoms with Gasteiger partial charge in [0.15, 0.2) is 0 Å². The summed E-state index contributed by atoms with van der Waals surface area (Å²) in [5.74, 6) is -0.632. The minimum absolute atomic E-state index is 0.227. The molecule has 0 fully saturated rings. The summed E-state index contributed by atoms with van der Waals surface area (Å²) in [6.45, 7) is 6.04. The van der Waals surface area contributed by atoms with Crippen LogP contribution in [0.3, 0.4) is 0 Å². The number of thiophene rings is 1. The van der Waals surface area contributed by atoms with Crippen LogP contribution in [0.4, 0.5) is 5.00 Å². The molecule has 1 aromatic heterocycles. The summed E-state index contributed by atoms with van der Waals surface area (Å²) >= 11 is 1.41. The number of nitrogens with one attached hydrogen (secondary N) is 1. The summed E-state index contributed by atoms with van der Waals surface area (Å²) < 4.78 is 5.05. The SMILES string of the molecule is CCOC(=O)c1cc(CC)sc1NC(=O)c1ccc(C)cc1. The van der Waals surface area contributed by atoms with E-state index in [-0.39, 0.29) is 5.91 Å². The van der Waals surface area contributed by atoms with E-state index in [1.165, 1.54) is 11.3 Å². The summed E-state index contributed by atoms with van der Waals surface area (Å²) in [4.78, 5) is 25.3. The van der Waals surface area contributed by atoms with Crippen molar-refractivity contribution in [3.63, 3.8) is 0 Å². The van der Waals surface area contributed by atoms with Crippen LogP contribution >= 0.6 is 11.3 Å². The maximum absolute atomic E-state index is 12.3. The molecule has 22 heavy (non-hydrogen) atoms. The minimum Gasteiger partial charge on any atom is -0.462 e. The van der Waals surface area contributed by atoms with E-state index < -0.39 is 5.97 Å². The van der Waals surface area contributed by atoms with Crippen LogP contribution in [0, 0.1) is 6.92 Å². The van der Waals surface area contributed by atoms with Crippen LogP contribution in [0.15, 0.2) is 30.3 Å². The van der Waals surface area contributed by atoms with Gasteiger partial charge in [0.1, 0.15) is 5.00 Å². The van der Waals surface area contributed by atoms with E-state index in [4.69, 9.17) is 4.74 Å². The summed E-state index contributed by atoms with van der Waals surface area (Å²) in [6.07, 6.45) is 0.803. The Morgan fingerprint density at radius 3 is 2.45 bits per heavy atom.